The first-order chi connectivity index (χ1) is 18.4. The van der Waals surface area contributed by atoms with Gasteiger partial charge in [0.05, 0.1) is 28.4 Å². The summed E-state index contributed by atoms with van der Waals surface area (Å²) in [6, 6.07) is 33.4. The molecule has 0 aromatic heterocycles. The molecule has 4 aromatic rings. The molecule has 186 valence electrons. The summed E-state index contributed by atoms with van der Waals surface area (Å²) >= 11 is 0. The third-order valence-corrected chi connectivity index (χ3v) is 9.23. The molecule has 1 aliphatic heterocycles. The van der Waals surface area contributed by atoms with Crippen molar-refractivity contribution in [3.05, 3.63) is 114 Å². The lowest BCUT2D eigenvalue weighted by molar-refractivity contribution is -0.134. The quantitative estimate of drug-likeness (QED) is 0.300. The largest absolute Gasteiger partial charge is 0.298 e. The summed E-state index contributed by atoms with van der Waals surface area (Å²) in [6.07, 6.45) is 0.452. The van der Waals surface area contributed by atoms with Gasteiger partial charge in [-0.1, -0.05) is 97.9 Å². The molecule has 0 spiro atoms. The first kappa shape index (κ1) is 22.9. The van der Waals surface area contributed by atoms with Crippen LogP contribution >= 0.6 is 0 Å². The molecule has 4 heteroatoms. The predicted molar refractivity (Wildman–Crippen MR) is 149 cm³/mol. The molecule has 1 saturated carbocycles. The van der Waals surface area contributed by atoms with Crippen LogP contribution in [0.25, 0.3) is 21.9 Å². The molecular formula is C34H27NO3. The highest BCUT2D eigenvalue weighted by molar-refractivity contribution is 6.34. The molecule has 4 nitrogen and oxygen atoms in total. The minimum atomic E-state index is -1.11. The smallest absolute Gasteiger partial charge is 0.239 e. The van der Waals surface area contributed by atoms with Crippen LogP contribution in [0, 0.1) is 22.7 Å². The van der Waals surface area contributed by atoms with Gasteiger partial charge in [0.2, 0.25) is 11.8 Å². The van der Waals surface area contributed by atoms with Crippen LogP contribution in [0.2, 0.25) is 0 Å². The molecule has 0 N–H and O–H groups in total. The fourth-order valence-electron chi connectivity index (χ4n) is 7.70. The molecule has 1 heterocycles. The Morgan fingerprint density at radius 1 is 0.658 bits per heavy atom. The second-order valence-electron chi connectivity index (χ2n) is 10.8. The van der Waals surface area contributed by atoms with Crippen molar-refractivity contribution in [3.63, 3.8) is 0 Å². The van der Waals surface area contributed by atoms with E-state index in [1.807, 2.05) is 117 Å². The fourth-order valence-corrected chi connectivity index (χ4v) is 7.70. The number of hydrogen-bond donors (Lipinski definition) is 0. The Bertz CT molecular complexity index is 1690. The summed E-state index contributed by atoms with van der Waals surface area (Å²) in [5, 5.41) is 2.01. The van der Waals surface area contributed by atoms with Crippen molar-refractivity contribution >= 4 is 45.2 Å². The minimum absolute atomic E-state index is 0.0000626. The van der Waals surface area contributed by atoms with Crippen LogP contribution in [-0.2, 0) is 14.4 Å². The molecule has 38 heavy (non-hydrogen) atoms. The van der Waals surface area contributed by atoms with Gasteiger partial charge in [0.25, 0.3) is 0 Å². The molecule has 2 fully saturated rings. The Morgan fingerprint density at radius 2 is 1.21 bits per heavy atom. The summed E-state index contributed by atoms with van der Waals surface area (Å²) in [5.74, 6) is -2.01. The molecule has 2 amide bonds. The lowest BCUT2D eigenvalue weighted by Crippen LogP contribution is -2.41. The lowest BCUT2D eigenvalue weighted by Gasteiger charge is -2.37. The second kappa shape index (κ2) is 7.84. The topological polar surface area (TPSA) is 54.5 Å². The van der Waals surface area contributed by atoms with Crippen LogP contribution in [0.4, 0.5) is 5.69 Å². The van der Waals surface area contributed by atoms with Crippen molar-refractivity contribution in [2.24, 2.45) is 22.7 Å². The Balaban J connectivity index is 1.48. The summed E-state index contributed by atoms with van der Waals surface area (Å²) < 4.78 is 0. The van der Waals surface area contributed by atoms with E-state index < -0.39 is 22.7 Å². The second-order valence-corrected chi connectivity index (χ2v) is 10.8. The van der Waals surface area contributed by atoms with Gasteiger partial charge in [0.1, 0.15) is 0 Å². The van der Waals surface area contributed by atoms with Crippen molar-refractivity contribution in [1.29, 1.82) is 0 Å². The molecular weight excluding hydrogens is 470 g/mol. The van der Waals surface area contributed by atoms with Gasteiger partial charge < -0.3 is 0 Å². The Morgan fingerprint density at radius 3 is 1.84 bits per heavy atom. The molecule has 4 atom stereocenters. The maximum absolute atomic E-state index is 14.6. The molecule has 3 aliphatic rings. The number of carbonyl (C=O) groups excluding carboxylic acids is 3. The highest BCUT2D eigenvalue weighted by Gasteiger charge is 2.79. The zero-order valence-electron chi connectivity index (χ0n) is 21.3. The first-order valence-electron chi connectivity index (χ1n) is 13.2. The van der Waals surface area contributed by atoms with Crippen LogP contribution in [0.5, 0.6) is 0 Å². The van der Waals surface area contributed by atoms with Gasteiger partial charge >= 0.3 is 0 Å². The number of carbonyl (C=O) groups is 3. The normalized spacial score (nSPS) is 28.1. The molecule has 0 radical (unpaired) electrons. The Labute approximate surface area is 221 Å². The van der Waals surface area contributed by atoms with E-state index >= 15 is 0 Å². The van der Waals surface area contributed by atoms with Gasteiger partial charge in [-0.15, -0.1) is 0 Å². The van der Waals surface area contributed by atoms with E-state index in [0.717, 1.165) is 33.0 Å². The SMILES string of the molecule is CC[C@@]12C(=O)[C@@](C)(C(c3ccccc3)=C1c1ccccc1)[C@H]1C(=O)N(c3ccc4ccccc4c3)C(=O)[C@@H]12. The van der Waals surface area contributed by atoms with E-state index in [0.29, 0.717) is 12.1 Å². The van der Waals surface area contributed by atoms with Crippen molar-refractivity contribution in [2.45, 2.75) is 20.3 Å². The molecule has 2 bridgehead atoms. The number of rotatable bonds is 4. The van der Waals surface area contributed by atoms with E-state index in [1.165, 1.54) is 4.90 Å². The van der Waals surface area contributed by atoms with Crippen LogP contribution in [0.15, 0.2) is 103 Å². The number of ketones is 1. The van der Waals surface area contributed by atoms with Gasteiger partial charge in [-0.3, -0.25) is 14.4 Å². The summed E-state index contributed by atoms with van der Waals surface area (Å²) in [5.41, 5.74) is 2.06. The van der Waals surface area contributed by atoms with Gasteiger partial charge in [0.15, 0.2) is 5.78 Å². The number of amides is 2. The Kier molecular flexibility index (Phi) is 4.72. The van der Waals surface area contributed by atoms with E-state index in [4.69, 9.17) is 0 Å². The molecule has 1 saturated heterocycles. The summed E-state index contributed by atoms with van der Waals surface area (Å²) in [6.45, 7) is 3.88. The number of imide groups is 1. The van der Waals surface area contributed by atoms with Gasteiger partial charge in [-0.05, 0) is 58.5 Å². The third-order valence-electron chi connectivity index (χ3n) is 9.23. The van der Waals surface area contributed by atoms with E-state index in [9.17, 15) is 14.4 Å². The number of benzene rings is 4. The van der Waals surface area contributed by atoms with Crippen LogP contribution in [0.1, 0.15) is 31.4 Å². The third kappa shape index (κ3) is 2.62. The average molecular weight is 498 g/mol. The van der Waals surface area contributed by atoms with Gasteiger partial charge in [0, 0.05) is 0 Å². The standard InChI is InChI=1S/C34H27NO3/c1-3-34-27(23-15-8-5-9-16-23)26(22-13-6-4-7-14-22)33(2,32(34)38)28-29(34)31(37)35(30(28)36)25-19-18-21-12-10-11-17-24(21)20-25/h4-20,28-29H,3H2,1-2H3/t28-,29-,33+,34-/m1/s1. The van der Waals surface area contributed by atoms with E-state index in [-0.39, 0.29) is 17.6 Å². The number of fused-ring (bicyclic) bond motifs is 6. The lowest BCUT2D eigenvalue weighted by atomic mass is 9.62. The fraction of sp³-hybridized carbons (Fsp3) is 0.206. The van der Waals surface area contributed by atoms with Crippen molar-refractivity contribution < 1.29 is 14.4 Å². The van der Waals surface area contributed by atoms with Gasteiger partial charge in [-0.2, -0.15) is 0 Å². The van der Waals surface area contributed by atoms with Crippen molar-refractivity contribution in [3.8, 4) is 0 Å². The average Bonchev–Trinajstić information content (AvgIpc) is 3.43. The highest BCUT2D eigenvalue weighted by atomic mass is 16.2. The minimum Gasteiger partial charge on any atom is -0.298 e. The number of Topliss-reactive ketones (excluding diaryl/α,β-unsaturated/α-hetero) is 1. The van der Waals surface area contributed by atoms with Crippen molar-refractivity contribution in [1.82, 2.24) is 0 Å². The predicted octanol–water partition coefficient (Wildman–Crippen LogP) is 6.56. The van der Waals surface area contributed by atoms with Crippen LogP contribution in [-0.4, -0.2) is 17.6 Å². The summed E-state index contributed by atoms with van der Waals surface area (Å²) in [7, 11) is 0. The summed E-state index contributed by atoms with van der Waals surface area (Å²) in [4.78, 5) is 44.5. The van der Waals surface area contributed by atoms with Gasteiger partial charge in [-0.25, -0.2) is 4.90 Å². The first-order valence-corrected chi connectivity index (χ1v) is 13.2. The number of allylic oxidation sites excluding steroid dienone is 2. The Hall–Kier alpha value is -4.31. The molecule has 0 unspecified atom stereocenters. The zero-order chi connectivity index (χ0) is 26.2. The highest BCUT2D eigenvalue weighted by Crippen LogP contribution is 2.74. The maximum Gasteiger partial charge on any atom is 0.239 e. The number of hydrogen-bond acceptors (Lipinski definition) is 3. The van der Waals surface area contributed by atoms with E-state index in [2.05, 4.69) is 0 Å². The molecule has 7 rings (SSSR count). The van der Waals surface area contributed by atoms with Crippen molar-refractivity contribution in [2.75, 3.05) is 4.90 Å². The number of anilines is 1. The monoisotopic (exact) mass is 497 g/mol. The zero-order valence-corrected chi connectivity index (χ0v) is 21.3. The molecule has 2 aliphatic carbocycles. The van der Waals surface area contributed by atoms with E-state index in [1.54, 1.807) is 0 Å². The molecule has 4 aromatic carbocycles. The maximum atomic E-state index is 14.6. The van der Waals surface area contributed by atoms with Crippen LogP contribution in [0.3, 0.4) is 0 Å². The van der Waals surface area contributed by atoms with Crippen LogP contribution < -0.4 is 4.90 Å². The number of nitrogens with zero attached hydrogens (tertiary/aromatic N) is 1.